The lowest BCUT2D eigenvalue weighted by Gasteiger charge is -2.06. The summed E-state index contributed by atoms with van der Waals surface area (Å²) >= 11 is 2.75. The van der Waals surface area contributed by atoms with E-state index in [0.29, 0.717) is 11.7 Å². The van der Waals surface area contributed by atoms with Crippen LogP contribution in [-0.2, 0) is 11.3 Å². The molecule has 0 radical (unpaired) electrons. The van der Waals surface area contributed by atoms with E-state index in [9.17, 15) is 4.79 Å². The van der Waals surface area contributed by atoms with E-state index in [1.54, 1.807) is 6.26 Å². The molecule has 154 valence electrons. The minimum absolute atomic E-state index is 0.112. The van der Waals surface area contributed by atoms with Gasteiger partial charge in [0.05, 0.1) is 41.3 Å². The highest BCUT2D eigenvalue weighted by molar-refractivity contribution is 8.01. The van der Waals surface area contributed by atoms with E-state index in [4.69, 9.17) is 4.42 Å². The van der Waals surface area contributed by atoms with Crippen LogP contribution in [0.5, 0.6) is 0 Å². The van der Waals surface area contributed by atoms with Crippen molar-refractivity contribution in [2.24, 2.45) is 0 Å². The fraction of sp³-hybridized carbons (Fsp3) is 0.200. The predicted octanol–water partition coefficient (Wildman–Crippen LogP) is 4.28. The SMILES string of the molecule is Cc1nn(-c2ccccc2)c(C)c1NC(=O)CSc1nnc(NCc2ccco2)s1. The molecule has 0 aliphatic rings. The number of nitrogens with zero attached hydrogens (tertiary/aromatic N) is 4. The molecule has 3 heterocycles. The van der Waals surface area contributed by atoms with E-state index in [-0.39, 0.29) is 11.7 Å². The molecule has 4 rings (SSSR count). The molecule has 4 aromatic rings. The van der Waals surface area contributed by atoms with Gasteiger partial charge < -0.3 is 15.1 Å². The second-order valence-electron chi connectivity index (χ2n) is 6.44. The Balaban J connectivity index is 1.33. The molecule has 0 fully saturated rings. The van der Waals surface area contributed by atoms with Gasteiger partial charge in [0, 0.05) is 0 Å². The number of para-hydroxylation sites is 1. The number of amides is 1. The summed E-state index contributed by atoms with van der Waals surface area (Å²) in [4.78, 5) is 12.5. The Morgan fingerprint density at radius 2 is 2.00 bits per heavy atom. The average molecular weight is 441 g/mol. The van der Waals surface area contributed by atoms with E-state index in [0.717, 1.165) is 32.9 Å². The molecule has 0 bridgehead atoms. The summed E-state index contributed by atoms with van der Waals surface area (Å²) in [5.41, 5.74) is 3.35. The summed E-state index contributed by atoms with van der Waals surface area (Å²) in [6, 6.07) is 13.6. The summed E-state index contributed by atoms with van der Waals surface area (Å²) < 4.78 is 7.83. The number of carbonyl (C=O) groups excluding carboxylic acids is 1. The third-order valence-corrected chi connectivity index (χ3v) is 6.30. The Morgan fingerprint density at radius 3 is 2.77 bits per heavy atom. The Kier molecular flexibility index (Phi) is 6.15. The van der Waals surface area contributed by atoms with Crippen LogP contribution < -0.4 is 10.6 Å². The molecule has 0 saturated carbocycles. The first-order valence-electron chi connectivity index (χ1n) is 9.24. The number of rotatable bonds is 8. The van der Waals surface area contributed by atoms with E-state index in [2.05, 4.69) is 25.9 Å². The zero-order valence-electron chi connectivity index (χ0n) is 16.5. The highest BCUT2D eigenvalue weighted by atomic mass is 32.2. The second-order valence-corrected chi connectivity index (χ2v) is 8.64. The molecule has 8 nitrogen and oxygen atoms in total. The van der Waals surface area contributed by atoms with Crippen molar-refractivity contribution in [3.8, 4) is 5.69 Å². The lowest BCUT2D eigenvalue weighted by atomic mass is 10.3. The van der Waals surface area contributed by atoms with Crippen LogP contribution in [0.25, 0.3) is 5.69 Å². The van der Waals surface area contributed by atoms with Gasteiger partial charge in [-0.2, -0.15) is 5.10 Å². The summed E-state index contributed by atoms with van der Waals surface area (Å²) in [5.74, 6) is 0.946. The normalized spacial score (nSPS) is 10.9. The highest BCUT2D eigenvalue weighted by Gasteiger charge is 2.16. The van der Waals surface area contributed by atoms with Gasteiger partial charge in [-0.3, -0.25) is 4.79 Å². The minimum Gasteiger partial charge on any atom is -0.467 e. The smallest absolute Gasteiger partial charge is 0.234 e. The molecular weight excluding hydrogens is 420 g/mol. The van der Waals surface area contributed by atoms with Crippen molar-refractivity contribution in [3.05, 3.63) is 65.9 Å². The third-order valence-electron chi connectivity index (χ3n) is 4.28. The number of anilines is 2. The quantitative estimate of drug-likeness (QED) is 0.395. The number of hydrogen-bond donors (Lipinski definition) is 2. The van der Waals surface area contributed by atoms with Crippen LogP contribution >= 0.6 is 23.1 Å². The third kappa shape index (κ3) is 4.71. The van der Waals surface area contributed by atoms with Crippen LogP contribution in [0.4, 0.5) is 10.8 Å². The lowest BCUT2D eigenvalue weighted by molar-refractivity contribution is -0.113. The van der Waals surface area contributed by atoms with Crippen LogP contribution in [0.1, 0.15) is 17.1 Å². The van der Waals surface area contributed by atoms with Gasteiger partial charge in [0.2, 0.25) is 11.0 Å². The largest absolute Gasteiger partial charge is 0.467 e. The maximum Gasteiger partial charge on any atom is 0.234 e. The van der Waals surface area contributed by atoms with Crippen LogP contribution in [0, 0.1) is 13.8 Å². The number of carbonyl (C=O) groups is 1. The maximum atomic E-state index is 12.5. The van der Waals surface area contributed by atoms with Gasteiger partial charge in [-0.15, -0.1) is 10.2 Å². The monoisotopic (exact) mass is 440 g/mol. The fourth-order valence-corrected chi connectivity index (χ4v) is 4.41. The summed E-state index contributed by atoms with van der Waals surface area (Å²) in [5, 5.41) is 19.6. The molecule has 1 aromatic carbocycles. The van der Waals surface area contributed by atoms with Crippen molar-refractivity contribution < 1.29 is 9.21 Å². The molecule has 0 atom stereocenters. The first-order chi connectivity index (χ1) is 14.6. The van der Waals surface area contributed by atoms with E-state index in [1.807, 2.05) is 61.0 Å². The lowest BCUT2D eigenvalue weighted by Crippen LogP contribution is -2.15. The fourth-order valence-electron chi connectivity index (χ4n) is 2.86. The van der Waals surface area contributed by atoms with Crippen LogP contribution in [0.3, 0.4) is 0 Å². The summed E-state index contributed by atoms with van der Waals surface area (Å²) in [7, 11) is 0. The number of hydrogen-bond acceptors (Lipinski definition) is 8. The molecule has 10 heteroatoms. The van der Waals surface area contributed by atoms with Gasteiger partial charge in [0.25, 0.3) is 0 Å². The molecular formula is C20H20N6O2S2. The van der Waals surface area contributed by atoms with Gasteiger partial charge in [-0.25, -0.2) is 4.68 Å². The molecule has 0 saturated heterocycles. The number of aryl methyl sites for hydroxylation is 1. The van der Waals surface area contributed by atoms with E-state index >= 15 is 0 Å². The number of furan rings is 1. The number of nitrogens with one attached hydrogen (secondary N) is 2. The van der Waals surface area contributed by atoms with E-state index < -0.39 is 0 Å². The van der Waals surface area contributed by atoms with Crippen molar-refractivity contribution in [2.75, 3.05) is 16.4 Å². The number of benzene rings is 1. The Labute approximate surface area is 181 Å². The first-order valence-corrected chi connectivity index (χ1v) is 11.0. The molecule has 2 N–H and O–H groups in total. The van der Waals surface area contributed by atoms with Gasteiger partial charge in [0.15, 0.2) is 4.34 Å². The second kappa shape index (κ2) is 9.14. The number of aromatic nitrogens is 4. The van der Waals surface area contributed by atoms with Crippen LogP contribution in [0.15, 0.2) is 57.5 Å². The zero-order valence-corrected chi connectivity index (χ0v) is 18.1. The Hall–Kier alpha value is -3.11. The average Bonchev–Trinajstić information content (AvgIpc) is 3.49. The van der Waals surface area contributed by atoms with Crippen molar-refractivity contribution >= 4 is 39.8 Å². The van der Waals surface area contributed by atoms with E-state index in [1.165, 1.54) is 23.1 Å². The van der Waals surface area contributed by atoms with Crippen molar-refractivity contribution in [3.63, 3.8) is 0 Å². The van der Waals surface area contributed by atoms with Crippen molar-refractivity contribution in [1.29, 1.82) is 0 Å². The molecule has 0 spiro atoms. The predicted molar refractivity (Wildman–Crippen MR) is 118 cm³/mol. The topological polar surface area (TPSA) is 97.9 Å². The van der Waals surface area contributed by atoms with Gasteiger partial charge >= 0.3 is 0 Å². The molecule has 3 aromatic heterocycles. The summed E-state index contributed by atoms with van der Waals surface area (Å²) in [6.45, 7) is 4.37. The zero-order chi connectivity index (χ0) is 20.9. The minimum atomic E-state index is -0.112. The van der Waals surface area contributed by atoms with Crippen LogP contribution in [-0.4, -0.2) is 31.6 Å². The number of thioether (sulfide) groups is 1. The van der Waals surface area contributed by atoms with Crippen LogP contribution in [0.2, 0.25) is 0 Å². The molecule has 0 unspecified atom stereocenters. The standard InChI is InChI=1S/C20H20N6O2S2/c1-13-18(14(2)26(25-13)15-7-4-3-5-8-15)22-17(27)12-29-20-24-23-19(30-20)21-11-16-9-6-10-28-16/h3-10H,11-12H2,1-2H3,(H,21,23)(H,22,27). The van der Waals surface area contributed by atoms with Gasteiger partial charge in [-0.1, -0.05) is 41.3 Å². The molecule has 30 heavy (non-hydrogen) atoms. The van der Waals surface area contributed by atoms with Crippen molar-refractivity contribution in [1.82, 2.24) is 20.0 Å². The highest BCUT2D eigenvalue weighted by Crippen LogP contribution is 2.27. The Morgan fingerprint density at radius 1 is 1.17 bits per heavy atom. The summed E-state index contributed by atoms with van der Waals surface area (Å²) in [6.07, 6.45) is 1.63. The molecule has 1 amide bonds. The van der Waals surface area contributed by atoms with Crippen molar-refractivity contribution in [2.45, 2.75) is 24.7 Å². The Bertz CT molecular complexity index is 1120. The molecule has 0 aliphatic carbocycles. The maximum absolute atomic E-state index is 12.5. The molecule has 0 aliphatic heterocycles. The first kappa shape index (κ1) is 20.2. The van der Waals surface area contributed by atoms with Gasteiger partial charge in [0.1, 0.15) is 5.76 Å². The van der Waals surface area contributed by atoms with Gasteiger partial charge in [-0.05, 0) is 38.1 Å².